The van der Waals surface area contributed by atoms with Gasteiger partial charge in [-0.05, 0) is 19.8 Å². The lowest BCUT2D eigenvalue weighted by Crippen LogP contribution is -2.48. The van der Waals surface area contributed by atoms with Gasteiger partial charge in [0.1, 0.15) is 0 Å². The zero-order chi connectivity index (χ0) is 19.4. The first kappa shape index (κ1) is 20.1. The number of aromatic nitrogens is 2. The third-order valence-electron chi connectivity index (χ3n) is 4.93. The molecule has 0 N–H and O–H groups in total. The summed E-state index contributed by atoms with van der Waals surface area (Å²) in [5.74, 6) is 0. The van der Waals surface area contributed by atoms with Crippen LogP contribution in [0.1, 0.15) is 25.5 Å². The van der Waals surface area contributed by atoms with Gasteiger partial charge in [-0.2, -0.15) is 0 Å². The second-order valence-electron chi connectivity index (χ2n) is 7.01. The van der Waals surface area contributed by atoms with Gasteiger partial charge >= 0.3 is 6.09 Å². The van der Waals surface area contributed by atoms with Crippen LogP contribution in [0.2, 0.25) is 0 Å². The summed E-state index contributed by atoms with van der Waals surface area (Å²) in [7, 11) is -3.41. The first-order valence-corrected chi connectivity index (χ1v) is 11.3. The predicted molar refractivity (Wildman–Crippen MR) is 98.2 cm³/mol. The van der Waals surface area contributed by atoms with Crippen molar-refractivity contribution in [2.75, 3.05) is 45.6 Å². The zero-order valence-electron chi connectivity index (χ0n) is 16.0. The number of hydrogen-bond donors (Lipinski definition) is 0. The first-order valence-electron chi connectivity index (χ1n) is 9.38. The summed E-state index contributed by atoms with van der Waals surface area (Å²) in [6.07, 6.45) is 4.50. The molecule has 10 heteroatoms. The Balaban J connectivity index is 1.68. The second-order valence-corrected chi connectivity index (χ2v) is 8.92. The van der Waals surface area contributed by atoms with Crippen LogP contribution in [0.25, 0.3) is 0 Å². The molecule has 2 saturated heterocycles. The number of rotatable bonds is 6. The summed E-state index contributed by atoms with van der Waals surface area (Å²) in [5.41, 5.74) is 0.857. The Labute approximate surface area is 160 Å². The molecule has 1 aromatic heterocycles. The van der Waals surface area contributed by atoms with E-state index in [-0.39, 0.29) is 17.4 Å². The van der Waals surface area contributed by atoms with Crippen LogP contribution in [-0.4, -0.2) is 85.6 Å². The third kappa shape index (κ3) is 4.99. The van der Waals surface area contributed by atoms with Gasteiger partial charge in [-0.1, -0.05) is 0 Å². The fourth-order valence-electron chi connectivity index (χ4n) is 3.53. The molecule has 2 aliphatic rings. The first-order chi connectivity index (χ1) is 12.9. The molecule has 0 bridgehead atoms. The van der Waals surface area contributed by atoms with E-state index >= 15 is 0 Å². The normalized spacial score (nSPS) is 21.6. The molecule has 3 rings (SSSR count). The van der Waals surface area contributed by atoms with Gasteiger partial charge in [0.2, 0.25) is 15.0 Å². The molecule has 152 valence electrons. The minimum Gasteiger partial charge on any atom is -0.450 e. The number of sulfone groups is 1. The van der Waals surface area contributed by atoms with Gasteiger partial charge in [-0.15, -0.1) is 0 Å². The van der Waals surface area contributed by atoms with Crippen molar-refractivity contribution in [3.63, 3.8) is 0 Å². The lowest BCUT2D eigenvalue weighted by atomic mass is 10.2. The lowest BCUT2D eigenvalue weighted by Gasteiger charge is -2.34. The van der Waals surface area contributed by atoms with Crippen LogP contribution >= 0.6 is 0 Å². The molecular formula is C17H28N4O5S. The van der Waals surface area contributed by atoms with Crippen LogP contribution in [0.5, 0.6) is 0 Å². The van der Waals surface area contributed by atoms with Crippen molar-refractivity contribution in [3.8, 4) is 0 Å². The number of carbonyl (C=O) groups is 1. The fourth-order valence-corrected chi connectivity index (χ4v) is 4.37. The molecule has 0 aromatic carbocycles. The molecule has 2 aliphatic heterocycles. The Morgan fingerprint density at radius 2 is 2.07 bits per heavy atom. The molecule has 0 aliphatic carbocycles. The summed E-state index contributed by atoms with van der Waals surface area (Å²) in [5, 5.41) is 0.0955. The van der Waals surface area contributed by atoms with Gasteiger partial charge < -0.3 is 18.9 Å². The molecule has 0 saturated carbocycles. The van der Waals surface area contributed by atoms with Crippen LogP contribution < -0.4 is 0 Å². The molecule has 1 atom stereocenters. The van der Waals surface area contributed by atoms with E-state index in [0.29, 0.717) is 45.9 Å². The Morgan fingerprint density at radius 1 is 1.33 bits per heavy atom. The smallest absolute Gasteiger partial charge is 0.409 e. The van der Waals surface area contributed by atoms with E-state index in [2.05, 4.69) is 9.88 Å². The standard InChI is InChI=1S/C17H28N4O5S/c1-3-25-17(22)20-8-6-19(7-9-20)12-14-11-18-16(27(2,23)24)21(14)13-15-5-4-10-26-15/h11,15H,3-10,12-13H2,1-2H3/t15-/m0/s1. The summed E-state index contributed by atoms with van der Waals surface area (Å²) in [6.45, 7) is 6.58. The van der Waals surface area contributed by atoms with Crippen molar-refractivity contribution in [3.05, 3.63) is 11.9 Å². The molecule has 3 heterocycles. The van der Waals surface area contributed by atoms with Gasteiger partial charge in [0.05, 0.1) is 31.1 Å². The van der Waals surface area contributed by atoms with Gasteiger partial charge in [0, 0.05) is 45.6 Å². The van der Waals surface area contributed by atoms with E-state index in [1.165, 1.54) is 6.26 Å². The number of carbonyl (C=O) groups excluding carboxylic acids is 1. The fraction of sp³-hybridized carbons (Fsp3) is 0.765. The number of nitrogens with zero attached hydrogens (tertiary/aromatic N) is 4. The molecule has 1 amide bonds. The van der Waals surface area contributed by atoms with E-state index in [9.17, 15) is 13.2 Å². The molecular weight excluding hydrogens is 372 g/mol. The summed E-state index contributed by atoms with van der Waals surface area (Å²) < 4.78 is 36.7. The average Bonchev–Trinajstić information content (AvgIpc) is 3.26. The summed E-state index contributed by atoms with van der Waals surface area (Å²) in [4.78, 5) is 19.9. The van der Waals surface area contributed by atoms with Crippen molar-refractivity contribution in [1.29, 1.82) is 0 Å². The number of amides is 1. The summed E-state index contributed by atoms with van der Waals surface area (Å²) >= 11 is 0. The monoisotopic (exact) mass is 400 g/mol. The highest BCUT2D eigenvalue weighted by atomic mass is 32.2. The van der Waals surface area contributed by atoms with Crippen molar-refractivity contribution in [2.24, 2.45) is 0 Å². The van der Waals surface area contributed by atoms with Crippen LogP contribution in [0.4, 0.5) is 4.79 Å². The van der Waals surface area contributed by atoms with Gasteiger partial charge in [-0.25, -0.2) is 18.2 Å². The van der Waals surface area contributed by atoms with Crippen molar-refractivity contribution >= 4 is 15.9 Å². The number of imidazole rings is 1. The van der Waals surface area contributed by atoms with Crippen LogP contribution in [-0.2, 0) is 32.4 Å². The highest BCUT2D eigenvalue weighted by molar-refractivity contribution is 7.90. The Kier molecular flexibility index (Phi) is 6.38. The van der Waals surface area contributed by atoms with Crippen LogP contribution in [0.15, 0.2) is 11.4 Å². The number of piperazine rings is 1. The van der Waals surface area contributed by atoms with Gasteiger partial charge in [0.15, 0.2) is 0 Å². The highest BCUT2D eigenvalue weighted by Crippen LogP contribution is 2.20. The lowest BCUT2D eigenvalue weighted by molar-refractivity contribution is 0.0753. The predicted octanol–water partition coefficient (Wildman–Crippen LogP) is 0.740. The van der Waals surface area contributed by atoms with E-state index in [4.69, 9.17) is 9.47 Å². The average molecular weight is 401 g/mol. The number of hydrogen-bond acceptors (Lipinski definition) is 7. The Hall–Kier alpha value is -1.65. The topological polar surface area (TPSA) is 94.0 Å². The third-order valence-corrected chi connectivity index (χ3v) is 5.92. The Morgan fingerprint density at radius 3 is 2.67 bits per heavy atom. The molecule has 2 fully saturated rings. The van der Waals surface area contributed by atoms with Crippen molar-refractivity contribution < 1.29 is 22.7 Å². The summed E-state index contributed by atoms with van der Waals surface area (Å²) in [6, 6.07) is 0. The van der Waals surface area contributed by atoms with E-state index in [1.807, 2.05) is 0 Å². The molecule has 27 heavy (non-hydrogen) atoms. The maximum atomic E-state index is 12.1. The minimum atomic E-state index is -3.41. The Bertz CT molecular complexity index is 749. The van der Waals surface area contributed by atoms with E-state index in [0.717, 1.165) is 25.1 Å². The van der Waals surface area contributed by atoms with E-state index < -0.39 is 9.84 Å². The molecule has 1 aromatic rings. The molecule has 9 nitrogen and oxygen atoms in total. The molecule has 0 spiro atoms. The second kappa shape index (κ2) is 8.57. The van der Waals surface area contributed by atoms with Gasteiger partial charge in [-0.3, -0.25) is 4.90 Å². The largest absolute Gasteiger partial charge is 0.450 e. The van der Waals surface area contributed by atoms with E-state index in [1.54, 1.807) is 22.6 Å². The van der Waals surface area contributed by atoms with Crippen LogP contribution in [0, 0.1) is 0 Å². The highest BCUT2D eigenvalue weighted by Gasteiger charge is 2.26. The van der Waals surface area contributed by atoms with Crippen molar-refractivity contribution in [2.45, 2.75) is 44.1 Å². The molecule has 0 unspecified atom stereocenters. The van der Waals surface area contributed by atoms with Crippen molar-refractivity contribution in [1.82, 2.24) is 19.4 Å². The quantitative estimate of drug-likeness (QED) is 0.695. The van der Waals surface area contributed by atoms with Crippen LogP contribution in [0.3, 0.4) is 0 Å². The maximum Gasteiger partial charge on any atom is 0.409 e. The molecule has 0 radical (unpaired) electrons. The SMILES string of the molecule is CCOC(=O)N1CCN(Cc2cnc(S(C)(=O)=O)n2C[C@@H]2CCCO2)CC1. The minimum absolute atomic E-state index is 0.0270. The zero-order valence-corrected chi connectivity index (χ0v) is 16.8. The maximum absolute atomic E-state index is 12.1. The van der Waals surface area contributed by atoms with Gasteiger partial charge in [0.25, 0.3) is 0 Å². The number of ether oxygens (including phenoxy) is 2.